The molecule has 0 spiro atoms. The van der Waals surface area contributed by atoms with Crippen molar-refractivity contribution in [2.45, 2.75) is 31.2 Å². The van der Waals surface area contributed by atoms with Gasteiger partial charge in [-0.1, -0.05) is 23.2 Å². The standard InChI is InChI=1S/C6H5Cl7/c7-1-2(8)4(10)6(12,13)5(11)3(1)9/h1-5H/t1?,2-,3+,4-,5+. The zero-order chi connectivity index (χ0) is 10.4. The molecule has 1 fully saturated rings. The van der Waals surface area contributed by atoms with E-state index in [0.29, 0.717) is 0 Å². The van der Waals surface area contributed by atoms with Gasteiger partial charge in [0.05, 0.1) is 26.9 Å². The van der Waals surface area contributed by atoms with Crippen molar-refractivity contribution < 1.29 is 0 Å². The fraction of sp³-hybridized carbons (Fsp3) is 1.00. The first-order valence-electron chi connectivity index (χ1n) is 3.38. The van der Waals surface area contributed by atoms with Crippen LogP contribution in [0.25, 0.3) is 0 Å². The summed E-state index contributed by atoms with van der Waals surface area (Å²) in [5, 5.41) is -3.19. The first-order valence-corrected chi connectivity index (χ1v) is 6.32. The lowest BCUT2D eigenvalue weighted by molar-refractivity contribution is 0.511. The average Bonchev–Trinajstić information content (AvgIpc) is 2.09. The van der Waals surface area contributed by atoms with E-state index in [9.17, 15) is 0 Å². The lowest BCUT2D eigenvalue weighted by Crippen LogP contribution is -2.57. The van der Waals surface area contributed by atoms with Gasteiger partial charge in [-0.15, -0.1) is 58.0 Å². The summed E-state index contributed by atoms with van der Waals surface area (Å²) in [7, 11) is 0. The van der Waals surface area contributed by atoms with Crippen LogP contribution in [0.1, 0.15) is 0 Å². The van der Waals surface area contributed by atoms with E-state index in [-0.39, 0.29) is 0 Å². The van der Waals surface area contributed by atoms with E-state index in [0.717, 1.165) is 0 Å². The van der Waals surface area contributed by atoms with Crippen LogP contribution in [0.4, 0.5) is 0 Å². The summed E-state index contributed by atoms with van der Waals surface area (Å²) >= 11 is 41.2. The molecule has 0 aromatic heterocycles. The molecule has 13 heavy (non-hydrogen) atoms. The molecule has 78 valence electrons. The quantitative estimate of drug-likeness (QED) is 0.585. The van der Waals surface area contributed by atoms with Crippen LogP contribution in [0, 0.1) is 0 Å². The molecule has 1 unspecified atom stereocenters. The molecule has 0 radical (unpaired) electrons. The molecule has 0 heterocycles. The summed E-state index contributed by atoms with van der Waals surface area (Å²) in [6, 6.07) is 0. The van der Waals surface area contributed by atoms with Gasteiger partial charge in [-0.05, 0) is 0 Å². The smallest absolute Gasteiger partial charge is 0.120 e. The molecule has 0 saturated heterocycles. The first kappa shape index (κ1) is 13.1. The molecule has 0 N–H and O–H groups in total. The van der Waals surface area contributed by atoms with Crippen molar-refractivity contribution in [1.29, 1.82) is 0 Å². The minimum absolute atomic E-state index is 0.543. The summed E-state index contributed by atoms with van der Waals surface area (Å²) in [6.45, 7) is 0. The molecule has 0 nitrogen and oxygen atoms in total. The van der Waals surface area contributed by atoms with Gasteiger partial charge in [0.1, 0.15) is 0 Å². The Morgan fingerprint density at radius 1 is 0.615 bits per heavy atom. The normalized spacial score (nSPS) is 50.5. The second-order valence-corrected chi connectivity index (χ2v) is 6.71. The van der Waals surface area contributed by atoms with Crippen molar-refractivity contribution in [2.75, 3.05) is 0 Å². The molecule has 7 heteroatoms. The van der Waals surface area contributed by atoms with Crippen LogP contribution < -0.4 is 0 Å². The maximum absolute atomic E-state index is 5.90. The average molecular weight is 325 g/mol. The molecule has 1 rings (SSSR count). The van der Waals surface area contributed by atoms with Crippen molar-refractivity contribution >= 4 is 81.2 Å². The predicted octanol–water partition coefficient (Wildman–Crippen LogP) is 4.21. The maximum Gasteiger partial charge on any atom is 0.153 e. The summed E-state index contributed by atoms with van der Waals surface area (Å²) < 4.78 is -1.35. The van der Waals surface area contributed by atoms with Crippen LogP contribution >= 0.6 is 81.2 Å². The summed E-state index contributed by atoms with van der Waals surface area (Å²) in [5.41, 5.74) is 0. The van der Waals surface area contributed by atoms with E-state index < -0.39 is 31.2 Å². The highest BCUT2D eigenvalue weighted by Crippen LogP contribution is 2.49. The Kier molecular flexibility index (Phi) is 4.52. The fourth-order valence-corrected chi connectivity index (χ4v) is 3.75. The van der Waals surface area contributed by atoms with E-state index in [1.807, 2.05) is 0 Å². The molecule has 0 aliphatic heterocycles. The molecular formula is C6H5Cl7. The van der Waals surface area contributed by atoms with E-state index in [2.05, 4.69) is 0 Å². The van der Waals surface area contributed by atoms with Gasteiger partial charge in [-0.2, -0.15) is 0 Å². The van der Waals surface area contributed by atoms with Crippen LogP contribution in [0.3, 0.4) is 0 Å². The van der Waals surface area contributed by atoms with Crippen molar-refractivity contribution in [3.8, 4) is 0 Å². The second kappa shape index (κ2) is 4.49. The Labute approximate surface area is 112 Å². The zero-order valence-corrected chi connectivity index (χ0v) is 11.3. The monoisotopic (exact) mass is 322 g/mol. The molecule has 0 amide bonds. The SMILES string of the molecule is ClC1[C@@H](Cl)[C@@H](Cl)C(Cl)(Cl)[C@@H](Cl)[C@H]1Cl. The Morgan fingerprint density at radius 2 is 0.923 bits per heavy atom. The van der Waals surface area contributed by atoms with Crippen LogP contribution in [0.2, 0.25) is 0 Å². The number of alkyl halides is 7. The lowest BCUT2D eigenvalue weighted by Gasteiger charge is -2.42. The van der Waals surface area contributed by atoms with Crippen molar-refractivity contribution in [3.63, 3.8) is 0 Å². The van der Waals surface area contributed by atoms with Crippen molar-refractivity contribution in [2.24, 2.45) is 0 Å². The van der Waals surface area contributed by atoms with Gasteiger partial charge in [-0.3, -0.25) is 0 Å². The fourth-order valence-electron chi connectivity index (χ4n) is 1.08. The van der Waals surface area contributed by atoms with Crippen molar-refractivity contribution in [1.82, 2.24) is 0 Å². The van der Waals surface area contributed by atoms with E-state index in [1.54, 1.807) is 0 Å². The Morgan fingerprint density at radius 3 is 1.23 bits per heavy atom. The second-order valence-electron chi connectivity index (χ2n) is 2.81. The third-order valence-electron chi connectivity index (χ3n) is 1.90. The third kappa shape index (κ3) is 2.25. The molecule has 1 aliphatic rings. The van der Waals surface area contributed by atoms with Gasteiger partial charge in [0.2, 0.25) is 0 Å². The molecule has 1 aliphatic carbocycles. The molecule has 5 atom stereocenters. The minimum Gasteiger partial charge on any atom is -0.120 e. The highest BCUT2D eigenvalue weighted by molar-refractivity contribution is 6.58. The van der Waals surface area contributed by atoms with Gasteiger partial charge in [0, 0.05) is 0 Å². The van der Waals surface area contributed by atoms with Crippen LogP contribution in [0.5, 0.6) is 0 Å². The molecule has 1 saturated carbocycles. The molecular weight excluding hydrogens is 320 g/mol. The van der Waals surface area contributed by atoms with E-state index >= 15 is 0 Å². The minimum atomic E-state index is -1.35. The van der Waals surface area contributed by atoms with Gasteiger partial charge in [-0.25, -0.2) is 0 Å². The van der Waals surface area contributed by atoms with Gasteiger partial charge < -0.3 is 0 Å². The lowest BCUT2D eigenvalue weighted by atomic mass is 9.97. The van der Waals surface area contributed by atoms with Crippen LogP contribution in [0.15, 0.2) is 0 Å². The Balaban J connectivity index is 2.93. The van der Waals surface area contributed by atoms with Crippen LogP contribution in [-0.2, 0) is 0 Å². The largest absolute Gasteiger partial charge is 0.153 e. The number of hydrogen-bond acceptors (Lipinski definition) is 0. The molecule has 0 aromatic carbocycles. The number of rotatable bonds is 0. The Bertz CT molecular complexity index is 175. The highest BCUT2D eigenvalue weighted by Gasteiger charge is 2.56. The molecule has 0 bridgehead atoms. The summed E-state index contributed by atoms with van der Waals surface area (Å²) in [4.78, 5) is 0. The predicted molar refractivity (Wildman–Crippen MR) is 62.6 cm³/mol. The molecule has 0 aromatic rings. The topological polar surface area (TPSA) is 0 Å². The summed E-state index contributed by atoms with van der Waals surface area (Å²) in [5.74, 6) is 0. The van der Waals surface area contributed by atoms with Crippen LogP contribution in [-0.4, -0.2) is 31.2 Å². The first-order chi connectivity index (χ1) is 5.80. The number of hydrogen-bond donors (Lipinski definition) is 0. The Hall–Kier alpha value is 2.03. The zero-order valence-electron chi connectivity index (χ0n) is 6.03. The van der Waals surface area contributed by atoms with Gasteiger partial charge >= 0.3 is 0 Å². The number of halogens is 7. The van der Waals surface area contributed by atoms with E-state index in [4.69, 9.17) is 81.2 Å². The van der Waals surface area contributed by atoms with E-state index in [1.165, 1.54) is 0 Å². The maximum atomic E-state index is 5.90. The van der Waals surface area contributed by atoms with Gasteiger partial charge in [0.15, 0.2) is 4.33 Å². The van der Waals surface area contributed by atoms with Gasteiger partial charge in [0.25, 0.3) is 0 Å². The summed E-state index contributed by atoms with van der Waals surface area (Å²) in [6.07, 6.45) is 0. The van der Waals surface area contributed by atoms with Crippen molar-refractivity contribution in [3.05, 3.63) is 0 Å². The highest BCUT2D eigenvalue weighted by atomic mass is 35.5. The third-order valence-corrected chi connectivity index (χ3v) is 6.63.